The van der Waals surface area contributed by atoms with Crippen molar-refractivity contribution < 1.29 is 19.1 Å². The third-order valence-corrected chi connectivity index (χ3v) is 2.83. The number of carboxylic acids is 1. The van der Waals surface area contributed by atoms with Gasteiger partial charge in [-0.1, -0.05) is 18.2 Å². The normalized spacial score (nSPS) is 17.2. The van der Waals surface area contributed by atoms with Crippen LogP contribution in [-0.2, 0) is 11.2 Å². The third kappa shape index (κ3) is 2.13. The average Bonchev–Trinajstić information content (AvgIpc) is 2.48. The lowest BCUT2D eigenvalue weighted by Gasteiger charge is -2.21. The summed E-state index contributed by atoms with van der Waals surface area (Å²) in [4.78, 5) is 23.4. The number of halogens is 1. The number of hydrogen-bond acceptors (Lipinski definition) is 2. The highest BCUT2D eigenvalue weighted by molar-refractivity contribution is 5.97. The van der Waals surface area contributed by atoms with Gasteiger partial charge in [-0.05, 0) is 24.5 Å². The quantitative estimate of drug-likeness (QED) is 0.792. The molecule has 17 heavy (non-hydrogen) atoms. The molecule has 1 atom stereocenters. The monoisotopic (exact) mass is 237 g/mol. The topological polar surface area (TPSA) is 57.6 Å². The van der Waals surface area contributed by atoms with E-state index in [2.05, 4.69) is 0 Å². The summed E-state index contributed by atoms with van der Waals surface area (Å²) in [5.41, 5.74) is 1.24. The molecule has 1 aliphatic heterocycles. The van der Waals surface area contributed by atoms with Gasteiger partial charge in [0.15, 0.2) is 0 Å². The molecule has 2 rings (SSSR count). The van der Waals surface area contributed by atoms with Crippen LogP contribution in [0.4, 0.5) is 4.39 Å². The van der Waals surface area contributed by atoms with E-state index in [-0.39, 0.29) is 6.54 Å². The standard InChI is InChI=1S/C12H12FNO3/c13-10(12(16)17)14-7-3-5-8-4-1-2-6-9(8)11(14)15/h1-2,4,6,10H,3,5,7H2,(H,16,17). The molecule has 90 valence electrons. The smallest absolute Gasteiger partial charge is 0.359 e. The summed E-state index contributed by atoms with van der Waals surface area (Å²) in [7, 11) is 0. The molecule has 0 aliphatic carbocycles. The van der Waals surface area contributed by atoms with Crippen molar-refractivity contribution in [2.45, 2.75) is 19.1 Å². The molecule has 0 spiro atoms. The van der Waals surface area contributed by atoms with Gasteiger partial charge in [0.25, 0.3) is 12.2 Å². The Morgan fingerprint density at radius 3 is 2.82 bits per heavy atom. The Morgan fingerprint density at radius 2 is 2.12 bits per heavy atom. The number of carbonyl (C=O) groups excluding carboxylic acids is 1. The van der Waals surface area contributed by atoms with E-state index in [1.165, 1.54) is 0 Å². The van der Waals surface area contributed by atoms with E-state index in [0.717, 1.165) is 10.5 Å². The zero-order valence-corrected chi connectivity index (χ0v) is 9.10. The molecule has 1 heterocycles. The van der Waals surface area contributed by atoms with Crippen molar-refractivity contribution in [3.05, 3.63) is 35.4 Å². The van der Waals surface area contributed by atoms with E-state index >= 15 is 0 Å². The highest BCUT2D eigenvalue weighted by Crippen LogP contribution is 2.20. The molecule has 4 nitrogen and oxygen atoms in total. The summed E-state index contributed by atoms with van der Waals surface area (Å²) < 4.78 is 13.4. The molecule has 1 unspecified atom stereocenters. The minimum Gasteiger partial charge on any atom is -0.478 e. The summed E-state index contributed by atoms with van der Waals surface area (Å²) in [6, 6.07) is 6.91. The minimum atomic E-state index is -2.27. The van der Waals surface area contributed by atoms with Crippen molar-refractivity contribution in [2.24, 2.45) is 0 Å². The van der Waals surface area contributed by atoms with Gasteiger partial charge in [-0.2, -0.15) is 0 Å². The summed E-state index contributed by atoms with van der Waals surface area (Å²) in [5.74, 6) is -2.18. The minimum absolute atomic E-state index is 0.126. The first-order valence-electron chi connectivity index (χ1n) is 5.37. The molecule has 0 fully saturated rings. The van der Waals surface area contributed by atoms with Crippen LogP contribution in [-0.4, -0.2) is 34.7 Å². The van der Waals surface area contributed by atoms with Crippen molar-refractivity contribution in [2.75, 3.05) is 6.54 Å². The zero-order valence-electron chi connectivity index (χ0n) is 9.10. The lowest BCUT2D eigenvalue weighted by Crippen LogP contribution is -2.42. The fourth-order valence-electron chi connectivity index (χ4n) is 1.99. The molecule has 0 bridgehead atoms. The predicted octanol–water partition coefficient (Wildman–Crippen LogP) is 1.46. The van der Waals surface area contributed by atoms with Gasteiger partial charge in [-0.25, -0.2) is 9.18 Å². The van der Waals surface area contributed by atoms with E-state index in [1.54, 1.807) is 12.1 Å². The van der Waals surface area contributed by atoms with Gasteiger partial charge in [0, 0.05) is 12.1 Å². The molecule has 5 heteroatoms. The second-order valence-corrected chi connectivity index (χ2v) is 3.93. The van der Waals surface area contributed by atoms with E-state index in [0.29, 0.717) is 18.4 Å². The molecule has 1 N–H and O–H groups in total. The van der Waals surface area contributed by atoms with Crippen molar-refractivity contribution in [3.63, 3.8) is 0 Å². The fourth-order valence-corrected chi connectivity index (χ4v) is 1.99. The van der Waals surface area contributed by atoms with Gasteiger partial charge >= 0.3 is 5.97 Å². The van der Waals surface area contributed by atoms with Crippen LogP contribution in [0.25, 0.3) is 0 Å². The number of hydrogen-bond donors (Lipinski definition) is 1. The largest absolute Gasteiger partial charge is 0.478 e. The van der Waals surface area contributed by atoms with Crippen molar-refractivity contribution in [1.82, 2.24) is 4.90 Å². The Hall–Kier alpha value is -1.91. The fraction of sp³-hybridized carbons (Fsp3) is 0.333. The number of carbonyl (C=O) groups is 2. The van der Waals surface area contributed by atoms with Crippen LogP contribution in [0.1, 0.15) is 22.3 Å². The maximum atomic E-state index is 13.4. The number of aliphatic carboxylic acids is 1. The Bertz CT molecular complexity index is 461. The van der Waals surface area contributed by atoms with Gasteiger partial charge < -0.3 is 5.11 Å². The van der Waals surface area contributed by atoms with Crippen molar-refractivity contribution in [3.8, 4) is 0 Å². The molecule has 1 amide bonds. The van der Waals surface area contributed by atoms with Gasteiger partial charge in [-0.3, -0.25) is 9.69 Å². The number of nitrogens with zero attached hydrogens (tertiary/aromatic N) is 1. The first-order chi connectivity index (χ1) is 8.11. The number of aryl methyl sites for hydroxylation is 1. The first kappa shape index (κ1) is 11.6. The summed E-state index contributed by atoms with van der Waals surface area (Å²) >= 11 is 0. The summed E-state index contributed by atoms with van der Waals surface area (Å²) in [6.45, 7) is 0.126. The second-order valence-electron chi connectivity index (χ2n) is 3.93. The second kappa shape index (κ2) is 4.53. The number of carboxylic acid groups (broad SMARTS) is 1. The van der Waals surface area contributed by atoms with Crippen molar-refractivity contribution in [1.29, 1.82) is 0 Å². The van der Waals surface area contributed by atoms with Crippen LogP contribution in [0.3, 0.4) is 0 Å². The van der Waals surface area contributed by atoms with Gasteiger partial charge in [-0.15, -0.1) is 0 Å². The molecule has 1 aromatic rings. The summed E-state index contributed by atoms with van der Waals surface area (Å²) in [5, 5.41) is 8.62. The van der Waals surface area contributed by atoms with E-state index in [4.69, 9.17) is 5.11 Å². The number of benzene rings is 1. The molecule has 0 radical (unpaired) electrons. The van der Waals surface area contributed by atoms with Crippen LogP contribution >= 0.6 is 0 Å². The maximum Gasteiger partial charge on any atom is 0.359 e. The lowest BCUT2D eigenvalue weighted by atomic mass is 10.0. The van der Waals surface area contributed by atoms with E-state index in [1.807, 2.05) is 12.1 Å². The number of rotatable bonds is 2. The van der Waals surface area contributed by atoms with Gasteiger partial charge in [0.2, 0.25) is 0 Å². The molecule has 1 aromatic carbocycles. The third-order valence-electron chi connectivity index (χ3n) is 2.83. The Morgan fingerprint density at radius 1 is 1.41 bits per heavy atom. The molecular weight excluding hydrogens is 225 g/mol. The van der Waals surface area contributed by atoms with Crippen LogP contribution in [0.5, 0.6) is 0 Å². The molecule has 1 aliphatic rings. The first-order valence-corrected chi connectivity index (χ1v) is 5.37. The lowest BCUT2D eigenvalue weighted by molar-refractivity contribution is -0.148. The van der Waals surface area contributed by atoms with Gasteiger partial charge in [0.1, 0.15) is 0 Å². The Balaban J connectivity index is 2.35. The van der Waals surface area contributed by atoms with Crippen LogP contribution < -0.4 is 0 Å². The predicted molar refractivity (Wildman–Crippen MR) is 58.3 cm³/mol. The maximum absolute atomic E-state index is 13.4. The van der Waals surface area contributed by atoms with E-state index < -0.39 is 18.2 Å². The highest BCUT2D eigenvalue weighted by Gasteiger charge is 2.32. The molecular formula is C12H12FNO3. The van der Waals surface area contributed by atoms with Crippen LogP contribution in [0.15, 0.2) is 24.3 Å². The SMILES string of the molecule is O=C(O)C(F)N1CCCc2ccccc2C1=O. The van der Waals surface area contributed by atoms with E-state index in [9.17, 15) is 14.0 Å². The number of amides is 1. The van der Waals surface area contributed by atoms with Crippen molar-refractivity contribution >= 4 is 11.9 Å². The van der Waals surface area contributed by atoms with Gasteiger partial charge in [0.05, 0.1) is 0 Å². The average molecular weight is 237 g/mol. The van der Waals surface area contributed by atoms with Crippen LogP contribution in [0.2, 0.25) is 0 Å². The molecule has 0 saturated carbocycles. The highest BCUT2D eigenvalue weighted by atomic mass is 19.1. The Labute approximate surface area is 97.7 Å². The number of fused-ring (bicyclic) bond motifs is 1. The zero-order chi connectivity index (χ0) is 12.4. The Kier molecular flexibility index (Phi) is 3.08. The number of alkyl halides is 1. The molecule has 0 aromatic heterocycles. The van der Waals surface area contributed by atoms with Crippen LogP contribution in [0, 0.1) is 0 Å². The molecule has 0 saturated heterocycles. The summed E-state index contributed by atoms with van der Waals surface area (Å²) in [6.07, 6.45) is -1.05.